The maximum Gasteiger partial charge on any atom is 0.573 e. The van der Waals surface area contributed by atoms with Crippen molar-refractivity contribution in [2.24, 2.45) is 7.05 Å². The molecule has 116 valence electrons. The molecule has 1 aromatic carbocycles. The summed E-state index contributed by atoms with van der Waals surface area (Å²) in [6.45, 7) is 0. The molecule has 0 aliphatic heterocycles. The van der Waals surface area contributed by atoms with E-state index in [0.29, 0.717) is 11.4 Å². The Morgan fingerprint density at radius 2 is 1.95 bits per heavy atom. The smallest absolute Gasteiger partial charge is 0.406 e. The zero-order valence-electron chi connectivity index (χ0n) is 11.5. The highest BCUT2D eigenvalue weighted by atomic mass is 19.4. The zero-order chi connectivity index (χ0) is 16.2. The highest BCUT2D eigenvalue weighted by molar-refractivity contribution is 6.01. The van der Waals surface area contributed by atoms with Gasteiger partial charge in [0.25, 0.3) is 0 Å². The fourth-order valence-electron chi connectivity index (χ4n) is 1.60. The first kappa shape index (κ1) is 15.6. The molecular formula is C14H12F3N3O2. The number of nitrogens with one attached hydrogen (secondary N) is 1. The van der Waals surface area contributed by atoms with Crippen LogP contribution in [0, 0.1) is 0 Å². The molecule has 0 aliphatic carbocycles. The van der Waals surface area contributed by atoms with Crippen LogP contribution in [0.25, 0.3) is 6.08 Å². The van der Waals surface area contributed by atoms with Crippen LogP contribution in [0.2, 0.25) is 0 Å². The van der Waals surface area contributed by atoms with E-state index in [1.807, 2.05) is 0 Å². The maximum absolute atomic E-state index is 12.0. The van der Waals surface area contributed by atoms with Gasteiger partial charge in [-0.3, -0.25) is 9.48 Å². The molecule has 0 fully saturated rings. The fourth-order valence-corrected chi connectivity index (χ4v) is 1.60. The topological polar surface area (TPSA) is 56.2 Å². The Morgan fingerprint density at radius 1 is 1.27 bits per heavy atom. The van der Waals surface area contributed by atoms with Gasteiger partial charge in [-0.1, -0.05) is 12.1 Å². The molecule has 22 heavy (non-hydrogen) atoms. The lowest BCUT2D eigenvalue weighted by atomic mass is 10.2. The van der Waals surface area contributed by atoms with Crippen LogP contribution in [0.5, 0.6) is 5.75 Å². The van der Waals surface area contributed by atoms with E-state index in [-0.39, 0.29) is 5.75 Å². The van der Waals surface area contributed by atoms with Gasteiger partial charge < -0.3 is 10.1 Å². The summed E-state index contributed by atoms with van der Waals surface area (Å²) < 4.78 is 41.3. The van der Waals surface area contributed by atoms with Crippen LogP contribution in [-0.2, 0) is 11.8 Å². The van der Waals surface area contributed by atoms with Gasteiger partial charge in [-0.25, -0.2) is 0 Å². The van der Waals surface area contributed by atoms with Crippen molar-refractivity contribution in [2.45, 2.75) is 6.36 Å². The van der Waals surface area contributed by atoms with Crippen LogP contribution >= 0.6 is 0 Å². The number of aromatic nitrogens is 2. The molecular weight excluding hydrogens is 299 g/mol. The number of carbonyl (C=O) groups is 1. The number of carbonyl (C=O) groups excluding carboxylic acids is 1. The average molecular weight is 311 g/mol. The predicted molar refractivity (Wildman–Crippen MR) is 74.0 cm³/mol. The van der Waals surface area contributed by atoms with Crippen molar-refractivity contribution in [1.29, 1.82) is 0 Å². The maximum atomic E-state index is 12.0. The summed E-state index contributed by atoms with van der Waals surface area (Å²) in [6.07, 6.45) is -0.317. The van der Waals surface area contributed by atoms with Gasteiger partial charge in [-0.15, -0.1) is 13.2 Å². The van der Waals surface area contributed by atoms with E-state index in [2.05, 4.69) is 15.2 Å². The van der Waals surface area contributed by atoms with Crippen molar-refractivity contribution < 1.29 is 22.7 Å². The predicted octanol–water partition coefficient (Wildman–Crippen LogP) is 2.97. The third-order valence-corrected chi connectivity index (χ3v) is 2.51. The molecule has 0 saturated heterocycles. The number of aryl methyl sites for hydroxylation is 1. The Kier molecular flexibility index (Phi) is 4.50. The molecule has 0 unspecified atom stereocenters. The van der Waals surface area contributed by atoms with E-state index >= 15 is 0 Å². The highest BCUT2D eigenvalue weighted by Gasteiger charge is 2.30. The molecule has 1 heterocycles. The largest absolute Gasteiger partial charge is 0.573 e. The van der Waals surface area contributed by atoms with Gasteiger partial charge in [0.05, 0.1) is 0 Å². The number of anilines is 1. The second-order valence-corrected chi connectivity index (χ2v) is 4.31. The molecule has 0 saturated carbocycles. The van der Waals surface area contributed by atoms with Gasteiger partial charge in [-0.05, 0) is 23.8 Å². The lowest BCUT2D eigenvalue weighted by molar-refractivity contribution is -0.274. The Morgan fingerprint density at radius 3 is 2.50 bits per heavy atom. The molecule has 1 N–H and O–H groups in total. The average Bonchev–Trinajstić information content (AvgIpc) is 2.81. The highest BCUT2D eigenvalue weighted by Crippen LogP contribution is 2.22. The van der Waals surface area contributed by atoms with Gasteiger partial charge in [0.2, 0.25) is 5.91 Å². The van der Waals surface area contributed by atoms with Crippen molar-refractivity contribution in [1.82, 2.24) is 9.78 Å². The zero-order valence-corrected chi connectivity index (χ0v) is 11.5. The van der Waals surface area contributed by atoms with E-state index in [9.17, 15) is 18.0 Å². The number of amides is 1. The first-order chi connectivity index (χ1) is 10.3. The van der Waals surface area contributed by atoms with Crippen LogP contribution in [-0.4, -0.2) is 22.1 Å². The van der Waals surface area contributed by atoms with Crippen LogP contribution in [0.4, 0.5) is 19.0 Å². The summed E-state index contributed by atoms with van der Waals surface area (Å²) in [5.41, 5.74) is 0.561. The minimum atomic E-state index is -4.72. The number of alkyl halides is 3. The molecule has 1 amide bonds. The monoisotopic (exact) mass is 311 g/mol. The van der Waals surface area contributed by atoms with Crippen molar-refractivity contribution in [3.63, 3.8) is 0 Å². The summed E-state index contributed by atoms with van der Waals surface area (Å²) in [6, 6.07) is 6.79. The minimum absolute atomic E-state index is 0.317. The molecule has 2 rings (SSSR count). The summed E-state index contributed by atoms with van der Waals surface area (Å²) in [7, 11) is 1.72. The number of rotatable bonds is 4. The first-order valence-corrected chi connectivity index (χ1v) is 6.16. The van der Waals surface area contributed by atoms with E-state index in [4.69, 9.17) is 0 Å². The Bertz CT molecular complexity index is 675. The summed E-state index contributed by atoms with van der Waals surface area (Å²) in [4.78, 5) is 11.6. The van der Waals surface area contributed by atoms with Gasteiger partial charge in [0.1, 0.15) is 5.75 Å². The SMILES string of the molecule is Cn1ccc(NC(=O)C=Cc2ccc(OC(F)(F)F)cc2)n1. The van der Waals surface area contributed by atoms with Gasteiger partial charge >= 0.3 is 6.36 Å². The minimum Gasteiger partial charge on any atom is -0.406 e. The van der Waals surface area contributed by atoms with Gasteiger partial charge in [0.15, 0.2) is 5.82 Å². The molecule has 0 atom stereocenters. The van der Waals surface area contributed by atoms with Crippen LogP contribution in [0.3, 0.4) is 0 Å². The van der Waals surface area contributed by atoms with E-state index in [1.165, 1.54) is 36.4 Å². The van der Waals surface area contributed by atoms with Crippen molar-refractivity contribution in [3.8, 4) is 5.75 Å². The standard InChI is InChI=1S/C14H12F3N3O2/c1-20-9-8-12(19-20)18-13(21)7-4-10-2-5-11(6-3-10)22-14(15,16)17/h2-9H,1H3,(H,18,19,21). The molecule has 8 heteroatoms. The molecule has 0 radical (unpaired) electrons. The fraction of sp³-hybridized carbons (Fsp3) is 0.143. The Hall–Kier alpha value is -2.77. The number of ether oxygens (including phenoxy) is 1. The van der Waals surface area contributed by atoms with E-state index in [1.54, 1.807) is 24.0 Å². The second kappa shape index (κ2) is 6.33. The van der Waals surface area contributed by atoms with E-state index in [0.717, 1.165) is 0 Å². The van der Waals surface area contributed by atoms with Crippen LogP contribution in [0.1, 0.15) is 5.56 Å². The molecule has 5 nitrogen and oxygen atoms in total. The van der Waals surface area contributed by atoms with Gasteiger partial charge in [-0.2, -0.15) is 5.10 Å². The number of halogens is 3. The quantitative estimate of drug-likeness (QED) is 0.883. The summed E-state index contributed by atoms with van der Waals surface area (Å²) in [5.74, 6) is -0.303. The lowest BCUT2D eigenvalue weighted by Gasteiger charge is -2.08. The van der Waals surface area contributed by atoms with Crippen molar-refractivity contribution in [3.05, 3.63) is 48.2 Å². The molecule has 0 spiro atoms. The number of hydrogen-bond acceptors (Lipinski definition) is 3. The third-order valence-electron chi connectivity index (χ3n) is 2.51. The van der Waals surface area contributed by atoms with Crippen LogP contribution in [0.15, 0.2) is 42.6 Å². The first-order valence-electron chi connectivity index (χ1n) is 6.16. The van der Waals surface area contributed by atoms with Crippen molar-refractivity contribution in [2.75, 3.05) is 5.32 Å². The summed E-state index contributed by atoms with van der Waals surface area (Å²) in [5, 5.41) is 6.52. The molecule has 1 aromatic heterocycles. The Balaban J connectivity index is 1.93. The molecule has 0 bridgehead atoms. The molecule has 0 aliphatic rings. The second-order valence-electron chi connectivity index (χ2n) is 4.31. The normalized spacial score (nSPS) is 11.6. The van der Waals surface area contributed by atoms with Crippen molar-refractivity contribution >= 4 is 17.8 Å². The number of benzene rings is 1. The lowest BCUT2D eigenvalue weighted by Crippen LogP contribution is -2.16. The van der Waals surface area contributed by atoms with Gasteiger partial charge in [0, 0.05) is 25.4 Å². The van der Waals surface area contributed by atoms with Crippen LogP contribution < -0.4 is 10.1 Å². The van der Waals surface area contributed by atoms with E-state index < -0.39 is 12.3 Å². The molecule has 2 aromatic rings. The number of hydrogen-bond donors (Lipinski definition) is 1. The third kappa shape index (κ3) is 4.97. The number of nitrogens with zero attached hydrogens (tertiary/aromatic N) is 2. The summed E-state index contributed by atoms with van der Waals surface area (Å²) >= 11 is 0. The Labute approximate surface area is 124 Å².